The Bertz CT molecular complexity index is 378. The Labute approximate surface area is 168 Å². The quantitative estimate of drug-likeness (QED) is 0.542. The Morgan fingerprint density at radius 3 is 2.81 bits per heavy atom. The minimum absolute atomic E-state index is 0. The molecule has 3 aliphatic heterocycles. The second-order valence-electron chi connectivity index (χ2n) is 6.39. The van der Waals surface area contributed by atoms with Crippen molar-refractivity contribution in [2.75, 3.05) is 39.5 Å². The number of hydrogen-bond acceptors (Lipinski definition) is 5. The van der Waals surface area contributed by atoms with E-state index in [1.165, 1.54) is 0 Å². The van der Waals surface area contributed by atoms with Gasteiger partial charge in [0.05, 0.1) is 0 Å². The average Bonchev–Trinajstić information content (AvgIpc) is 2.94. The van der Waals surface area contributed by atoms with Gasteiger partial charge in [-0.2, -0.15) is 0 Å². The van der Waals surface area contributed by atoms with Crippen molar-refractivity contribution in [3.8, 4) is 0 Å². The van der Waals surface area contributed by atoms with Crippen molar-refractivity contribution in [3.63, 3.8) is 0 Å². The van der Waals surface area contributed by atoms with E-state index in [4.69, 9.17) is 9.84 Å². The molecule has 21 heavy (non-hydrogen) atoms. The molecule has 0 spiro atoms. The Kier molecular flexibility index (Phi) is 6.54. The molecular weight excluding hydrogens is 299 g/mol. The molecule has 1 N–H and O–H groups in total. The third kappa shape index (κ3) is 3.50. The van der Waals surface area contributed by atoms with Gasteiger partial charge in [0, 0.05) is 37.2 Å². The van der Waals surface area contributed by atoms with Crippen LogP contribution in [0.4, 0.5) is 4.79 Å². The molecule has 0 aliphatic carbocycles. The minimum atomic E-state index is -0.284. The summed E-state index contributed by atoms with van der Waals surface area (Å²) in [7, 11) is 0. The van der Waals surface area contributed by atoms with E-state index in [2.05, 4.69) is 4.90 Å². The van der Waals surface area contributed by atoms with Crippen LogP contribution in [0, 0.1) is 5.92 Å². The summed E-state index contributed by atoms with van der Waals surface area (Å²) in [6.07, 6.45) is 3.68. The molecule has 3 rings (SSSR count). The summed E-state index contributed by atoms with van der Waals surface area (Å²) in [5, 5.41) is 20.4. The van der Waals surface area contributed by atoms with Gasteiger partial charge >= 0.3 is 57.5 Å². The number of carbonyl (C=O) groups excluding carboxylic acids is 1. The van der Waals surface area contributed by atoms with Gasteiger partial charge in [-0.15, -0.1) is 6.61 Å². The van der Waals surface area contributed by atoms with Gasteiger partial charge in [0.2, 0.25) is 0 Å². The van der Waals surface area contributed by atoms with Crippen LogP contribution in [-0.2, 0) is 4.74 Å². The molecule has 0 bridgehead atoms. The number of ether oxygens (including phenoxy) is 1. The number of aliphatic hydroxyl groups excluding tert-OH is 1. The molecule has 2 unspecified atom stereocenters. The second kappa shape index (κ2) is 7.57. The first-order chi connectivity index (χ1) is 9.68. The van der Waals surface area contributed by atoms with Crippen LogP contribution in [0.5, 0.6) is 0 Å². The van der Waals surface area contributed by atoms with Gasteiger partial charge in [0.25, 0.3) is 0 Å². The van der Waals surface area contributed by atoms with Crippen LogP contribution in [-0.4, -0.2) is 72.0 Å². The van der Waals surface area contributed by atoms with Crippen molar-refractivity contribution in [3.05, 3.63) is 0 Å². The first-order valence-electron chi connectivity index (χ1n) is 7.56. The van der Waals surface area contributed by atoms with Gasteiger partial charge in [-0.1, -0.05) is 0 Å². The molecule has 3 heterocycles. The zero-order valence-electron chi connectivity index (χ0n) is 12.8. The van der Waals surface area contributed by atoms with E-state index < -0.39 is 0 Å². The standard InChI is InChI=1S/C14H23N2O4.K/c17-8-11-6-15(7-11)13(19)20-9-12-2-4-14(10-18)3-1-5-16(12)14;/h11-12,17H,1-10H2;/q-1;+1. The topological polar surface area (TPSA) is 76.1 Å². The number of rotatable bonds is 4. The zero-order valence-corrected chi connectivity index (χ0v) is 15.9. The van der Waals surface area contributed by atoms with Gasteiger partial charge in [0.1, 0.15) is 6.61 Å². The summed E-state index contributed by atoms with van der Waals surface area (Å²) in [6.45, 7) is 2.62. The summed E-state index contributed by atoms with van der Waals surface area (Å²) in [5.74, 6) is 0.209. The summed E-state index contributed by atoms with van der Waals surface area (Å²) < 4.78 is 5.38. The molecule has 0 aromatic rings. The maximum absolute atomic E-state index is 11.8. The Morgan fingerprint density at radius 2 is 2.14 bits per heavy atom. The van der Waals surface area contributed by atoms with Crippen LogP contribution in [0.3, 0.4) is 0 Å². The zero-order chi connectivity index (χ0) is 14.2. The van der Waals surface area contributed by atoms with Crippen LogP contribution in [0.15, 0.2) is 0 Å². The molecule has 0 saturated carbocycles. The minimum Gasteiger partial charge on any atom is -0.853 e. The number of amides is 1. The van der Waals surface area contributed by atoms with Gasteiger partial charge in [0.15, 0.2) is 0 Å². The molecule has 7 heteroatoms. The van der Waals surface area contributed by atoms with E-state index in [0.29, 0.717) is 19.7 Å². The van der Waals surface area contributed by atoms with Gasteiger partial charge in [-0.25, -0.2) is 4.79 Å². The number of carbonyl (C=O) groups is 1. The number of aliphatic hydroxyl groups is 1. The maximum atomic E-state index is 11.8. The smallest absolute Gasteiger partial charge is 0.853 e. The predicted molar refractivity (Wildman–Crippen MR) is 70.1 cm³/mol. The van der Waals surface area contributed by atoms with Crippen LogP contribution >= 0.6 is 0 Å². The van der Waals surface area contributed by atoms with Crippen molar-refractivity contribution in [1.82, 2.24) is 9.80 Å². The number of fused-ring (bicyclic) bond motifs is 1. The molecule has 6 nitrogen and oxygen atoms in total. The second-order valence-corrected chi connectivity index (χ2v) is 6.39. The van der Waals surface area contributed by atoms with E-state index in [1.807, 2.05) is 0 Å². The van der Waals surface area contributed by atoms with Crippen molar-refractivity contribution in [2.45, 2.75) is 37.3 Å². The number of likely N-dealkylation sites (tertiary alicyclic amines) is 1. The van der Waals surface area contributed by atoms with Crippen molar-refractivity contribution < 1.29 is 71.1 Å². The van der Waals surface area contributed by atoms with E-state index >= 15 is 0 Å². The largest absolute Gasteiger partial charge is 1.00 e. The SMILES string of the molecule is O=C(OCC1CCC2(C[O-])CCCN12)N1CC(CO)C1.[K+]. The van der Waals surface area contributed by atoms with Crippen LogP contribution in [0.2, 0.25) is 0 Å². The van der Waals surface area contributed by atoms with Gasteiger partial charge in [-0.3, -0.25) is 4.90 Å². The van der Waals surface area contributed by atoms with Gasteiger partial charge in [-0.05, 0) is 32.2 Å². The average molecular weight is 322 g/mol. The molecular formula is C14H23KN2O4. The summed E-state index contributed by atoms with van der Waals surface area (Å²) >= 11 is 0. The third-order valence-electron chi connectivity index (χ3n) is 5.18. The summed E-state index contributed by atoms with van der Waals surface area (Å²) in [5.41, 5.74) is -0.157. The molecule has 114 valence electrons. The van der Waals surface area contributed by atoms with Crippen LogP contribution in [0.1, 0.15) is 25.7 Å². The van der Waals surface area contributed by atoms with Crippen molar-refractivity contribution in [1.29, 1.82) is 0 Å². The third-order valence-corrected chi connectivity index (χ3v) is 5.18. The normalized spacial score (nSPS) is 32.5. The fourth-order valence-electron chi connectivity index (χ4n) is 3.88. The van der Waals surface area contributed by atoms with Crippen molar-refractivity contribution >= 4 is 6.09 Å². The molecule has 0 aromatic heterocycles. The maximum Gasteiger partial charge on any atom is 1.00 e. The molecule has 3 saturated heterocycles. The van der Waals surface area contributed by atoms with E-state index in [0.717, 1.165) is 32.2 Å². The molecule has 1 amide bonds. The van der Waals surface area contributed by atoms with Gasteiger partial charge < -0.3 is 19.8 Å². The first kappa shape index (κ1) is 18.1. The Morgan fingerprint density at radius 1 is 1.38 bits per heavy atom. The molecule has 0 aromatic carbocycles. The fourth-order valence-corrected chi connectivity index (χ4v) is 3.88. The fraction of sp³-hybridized carbons (Fsp3) is 0.929. The molecule has 2 atom stereocenters. The summed E-state index contributed by atoms with van der Waals surface area (Å²) in [4.78, 5) is 15.7. The number of nitrogens with zero attached hydrogens (tertiary/aromatic N) is 2. The molecule has 3 aliphatic rings. The monoisotopic (exact) mass is 322 g/mol. The predicted octanol–water partition coefficient (Wildman–Crippen LogP) is -3.59. The molecule has 3 fully saturated rings. The van der Waals surface area contributed by atoms with Crippen molar-refractivity contribution in [2.24, 2.45) is 5.92 Å². The van der Waals surface area contributed by atoms with E-state index in [1.54, 1.807) is 4.90 Å². The van der Waals surface area contributed by atoms with Crippen LogP contribution in [0.25, 0.3) is 0 Å². The van der Waals surface area contributed by atoms with E-state index in [9.17, 15) is 9.90 Å². The Balaban J connectivity index is 0.00000161. The Hall–Kier alpha value is 0.786. The number of hydrogen-bond donors (Lipinski definition) is 1. The molecule has 0 radical (unpaired) electrons. The van der Waals surface area contributed by atoms with Crippen LogP contribution < -0.4 is 56.5 Å². The summed E-state index contributed by atoms with van der Waals surface area (Å²) in [6, 6.07) is 0.213. The first-order valence-corrected chi connectivity index (χ1v) is 7.56. The van der Waals surface area contributed by atoms with E-state index in [-0.39, 0.29) is 88.2 Å².